The van der Waals surface area contributed by atoms with E-state index in [1.807, 2.05) is 78.9 Å². The second-order valence-electron chi connectivity index (χ2n) is 6.41. The van der Waals surface area contributed by atoms with Gasteiger partial charge in [-0.05, 0) is 30.3 Å². The highest BCUT2D eigenvalue weighted by molar-refractivity contribution is 6.31. The lowest BCUT2D eigenvalue weighted by Gasteiger charge is -2.03. The molecule has 0 radical (unpaired) electrons. The van der Waals surface area contributed by atoms with Gasteiger partial charge in [-0.25, -0.2) is 4.99 Å². The summed E-state index contributed by atoms with van der Waals surface area (Å²) < 4.78 is 6.10. The molecule has 0 atom stereocenters. The van der Waals surface area contributed by atoms with Gasteiger partial charge in [0.05, 0.1) is 11.5 Å². The predicted octanol–water partition coefficient (Wildman–Crippen LogP) is 4.02. The van der Waals surface area contributed by atoms with Crippen LogP contribution in [0.15, 0.2) is 83.3 Å². The van der Waals surface area contributed by atoms with Crippen LogP contribution in [0.2, 0.25) is 5.02 Å². The van der Waals surface area contributed by atoms with Crippen molar-refractivity contribution in [3.63, 3.8) is 0 Å². The fourth-order valence-electron chi connectivity index (χ4n) is 3.00. The van der Waals surface area contributed by atoms with Crippen molar-refractivity contribution >= 4 is 39.9 Å². The van der Waals surface area contributed by atoms with Crippen molar-refractivity contribution in [2.24, 2.45) is 0 Å². The first-order valence-electron chi connectivity index (χ1n) is 8.85. The summed E-state index contributed by atoms with van der Waals surface area (Å²) in [6, 6.07) is 25.0. The van der Waals surface area contributed by atoms with Crippen LogP contribution in [0.1, 0.15) is 6.92 Å². The minimum absolute atomic E-state index is 0.0986. The van der Waals surface area contributed by atoms with Gasteiger partial charge in [-0.15, -0.1) is 0 Å². The van der Waals surface area contributed by atoms with Crippen LogP contribution in [-0.2, 0) is 4.79 Å². The number of rotatable bonds is 3. The molecule has 0 unspecified atom stereocenters. The van der Waals surface area contributed by atoms with E-state index in [0.29, 0.717) is 5.02 Å². The summed E-state index contributed by atoms with van der Waals surface area (Å²) in [5, 5.41) is 5.17. The van der Waals surface area contributed by atoms with Crippen LogP contribution >= 0.6 is 11.6 Å². The molecule has 0 bridgehead atoms. The SMILES string of the molecule is CC(=O)Nc1ccc([NH+]=c2cc(-c3ccccc3)oc3ccc(Cl)cc23)cc1. The number of hydrogen-bond donors (Lipinski definition) is 2. The maximum Gasteiger partial charge on any atom is 0.221 e. The van der Waals surface area contributed by atoms with Gasteiger partial charge in [0, 0.05) is 35.3 Å². The van der Waals surface area contributed by atoms with Gasteiger partial charge in [0.1, 0.15) is 11.3 Å². The maximum absolute atomic E-state index is 11.2. The molecule has 0 aliphatic carbocycles. The van der Waals surface area contributed by atoms with E-state index >= 15 is 0 Å². The van der Waals surface area contributed by atoms with E-state index in [4.69, 9.17) is 16.0 Å². The van der Waals surface area contributed by atoms with Crippen molar-refractivity contribution in [2.45, 2.75) is 6.92 Å². The van der Waals surface area contributed by atoms with Crippen molar-refractivity contribution in [2.75, 3.05) is 5.32 Å². The second kappa shape index (κ2) is 7.71. The molecular weight excluding hydrogens is 372 g/mol. The molecule has 5 heteroatoms. The summed E-state index contributed by atoms with van der Waals surface area (Å²) in [5.41, 5.74) is 3.37. The van der Waals surface area contributed by atoms with Gasteiger partial charge in [0.15, 0.2) is 0 Å². The lowest BCUT2D eigenvalue weighted by atomic mass is 10.1. The number of carbonyl (C=O) groups excluding carboxylic acids is 1. The molecule has 1 amide bonds. The largest absolute Gasteiger partial charge is 0.456 e. The van der Waals surface area contributed by atoms with Gasteiger partial charge in [-0.1, -0.05) is 41.9 Å². The lowest BCUT2D eigenvalue weighted by molar-refractivity contribution is -0.400. The summed E-state index contributed by atoms with van der Waals surface area (Å²) in [5.74, 6) is 0.659. The molecule has 1 heterocycles. The number of nitrogens with one attached hydrogen (secondary N) is 2. The normalized spacial score (nSPS) is 11.6. The Kier molecular flexibility index (Phi) is 4.96. The lowest BCUT2D eigenvalue weighted by Crippen LogP contribution is -2.70. The average Bonchev–Trinajstić information content (AvgIpc) is 2.70. The first kappa shape index (κ1) is 18.0. The molecule has 0 fully saturated rings. The molecule has 4 aromatic rings. The van der Waals surface area contributed by atoms with E-state index in [1.165, 1.54) is 6.92 Å². The quantitative estimate of drug-likeness (QED) is 0.556. The molecule has 4 rings (SSSR count). The molecule has 2 N–H and O–H groups in total. The van der Waals surface area contributed by atoms with E-state index in [9.17, 15) is 4.79 Å². The Balaban J connectivity index is 1.87. The highest BCUT2D eigenvalue weighted by Crippen LogP contribution is 2.23. The first-order valence-corrected chi connectivity index (χ1v) is 9.23. The maximum atomic E-state index is 11.2. The molecule has 1 aromatic heterocycles. The number of carbonyl (C=O) groups is 1. The van der Waals surface area contributed by atoms with Crippen LogP contribution in [0, 0.1) is 0 Å². The van der Waals surface area contributed by atoms with Crippen LogP contribution in [0.5, 0.6) is 0 Å². The van der Waals surface area contributed by atoms with Crippen molar-refractivity contribution in [1.29, 1.82) is 0 Å². The molecule has 0 saturated carbocycles. The number of benzene rings is 3. The van der Waals surface area contributed by atoms with Crippen LogP contribution in [0.4, 0.5) is 11.4 Å². The van der Waals surface area contributed by atoms with Crippen LogP contribution in [-0.4, -0.2) is 5.91 Å². The van der Waals surface area contributed by atoms with Gasteiger partial charge in [0.25, 0.3) is 0 Å². The predicted molar refractivity (Wildman–Crippen MR) is 111 cm³/mol. The summed E-state index contributed by atoms with van der Waals surface area (Å²) in [6.45, 7) is 1.49. The van der Waals surface area contributed by atoms with Gasteiger partial charge >= 0.3 is 0 Å². The fraction of sp³-hybridized carbons (Fsp3) is 0.0435. The summed E-state index contributed by atoms with van der Waals surface area (Å²) in [7, 11) is 0. The fourth-order valence-corrected chi connectivity index (χ4v) is 3.17. The Labute approximate surface area is 167 Å². The van der Waals surface area contributed by atoms with Crippen molar-refractivity contribution < 1.29 is 14.2 Å². The summed E-state index contributed by atoms with van der Waals surface area (Å²) in [6.07, 6.45) is 0. The van der Waals surface area contributed by atoms with Gasteiger partial charge in [-0.3, -0.25) is 4.79 Å². The molecule has 138 valence electrons. The molecule has 3 aromatic carbocycles. The van der Waals surface area contributed by atoms with E-state index in [-0.39, 0.29) is 5.91 Å². The number of halogens is 1. The topological polar surface area (TPSA) is 56.2 Å². The third-order valence-electron chi connectivity index (χ3n) is 4.27. The van der Waals surface area contributed by atoms with E-state index in [1.54, 1.807) is 0 Å². The minimum atomic E-state index is -0.0986. The average molecular weight is 390 g/mol. The molecule has 0 aliphatic rings. The van der Waals surface area contributed by atoms with Crippen LogP contribution in [0.25, 0.3) is 22.3 Å². The first-order chi connectivity index (χ1) is 13.6. The molecule has 0 aliphatic heterocycles. The Morgan fingerprint density at radius 1 is 0.964 bits per heavy atom. The molecule has 0 spiro atoms. The molecule has 28 heavy (non-hydrogen) atoms. The third-order valence-corrected chi connectivity index (χ3v) is 4.50. The number of anilines is 1. The molecule has 4 nitrogen and oxygen atoms in total. The Hall–Kier alpha value is -3.37. The molecular formula is C23H18ClN2O2+. The summed E-state index contributed by atoms with van der Waals surface area (Å²) >= 11 is 6.21. The standard InChI is InChI=1S/C23H17ClN2O2/c1-15(27)25-18-8-10-19(11-9-18)26-21-14-23(16-5-3-2-4-6-16)28-22-12-7-17(24)13-20(21)22/h2-14H,1H3,(H,25,27)/p+1. The van der Waals surface area contributed by atoms with Crippen molar-refractivity contribution in [1.82, 2.24) is 0 Å². The highest BCUT2D eigenvalue weighted by atomic mass is 35.5. The minimum Gasteiger partial charge on any atom is -0.456 e. The van der Waals surface area contributed by atoms with E-state index in [2.05, 4.69) is 10.3 Å². The van der Waals surface area contributed by atoms with Crippen LogP contribution in [0.3, 0.4) is 0 Å². The zero-order valence-corrected chi connectivity index (χ0v) is 16.0. The third kappa shape index (κ3) is 3.97. The smallest absolute Gasteiger partial charge is 0.221 e. The summed E-state index contributed by atoms with van der Waals surface area (Å²) in [4.78, 5) is 14.6. The van der Waals surface area contributed by atoms with E-state index < -0.39 is 0 Å². The highest BCUT2D eigenvalue weighted by Gasteiger charge is 2.10. The Bertz CT molecular complexity index is 1210. The van der Waals surface area contributed by atoms with Crippen molar-refractivity contribution in [3.05, 3.63) is 89.2 Å². The zero-order chi connectivity index (χ0) is 19.5. The monoisotopic (exact) mass is 389 g/mol. The zero-order valence-electron chi connectivity index (χ0n) is 15.2. The van der Waals surface area contributed by atoms with E-state index in [0.717, 1.165) is 39.0 Å². The number of hydrogen-bond acceptors (Lipinski definition) is 2. The Morgan fingerprint density at radius 2 is 1.71 bits per heavy atom. The number of fused-ring (bicyclic) bond motifs is 1. The van der Waals surface area contributed by atoms with Crippen molar-refractivity contribution in [3.8, 4) is 11.3 Å². The molecule has 0 saturated heterocycles. The van der Waals surface area contributed by atoms with Gasteiger partial charge in [-0.2, -0.15) is 0 Å². The number of amides is 1. The second-order valence-corrected chi connectivity index (χ2v) is 6.85. The van der Waals surface area contributed by atoms with Crippen LogP contribution < -0.4 is 15.7 Å². The van der Waals surface area contributed by atoms with Gasteiger partial charge < -0.3 is 9.73 Å². The Morgan fingerprint density at radius 3 is 2.43 bits per heavy atom. The van der Waals surface area contributed by atoms with Gasteiger partial charge in [0.2, 0.25) is 17.0 Å².